The van der Waals surface area contributed by atoms with E-state index in [1.807, 2.05) is 0 Å². The minimum atomic E-state index is 0.880. The molecule has 0 saturated carbocycles. The number of rotatable bonds is 5. The van der Waals surface area contributed by atoms with E-state index in [2.05, 4.69) is 250 Å². The molecule has 0 radical (unpaired) electrons. The van der Waals surface area contributed by atoms with Gasteiger partial charge in [0.15, 0.2) is 0 Å². The molecule has 7 heteroatoms. The molecule has 2 aromatic heterocycles. The third-order valence-corrected chi connectivity index (χ3v) is 16.2. The van der Waals surface area contributed by atoms with Crippen molar-refractivity contribution in [3.8, 4) is 50.2 Å². The van der Waals surface area contributed by atoms with Crippen LogP contribution in [0.15, 0.2) is 211 Å². The molecule has 0 aliphatic heterocycles. The Bertz CT molecular complexity index is 4390. The van der Waals surface area contributed by atoms with Gasteiger partial charge in [0.05, 0.1) is 11.0 Å². The van der Waals surface area contributed by atoms with E-state index in [0.29, 0.717) is 0 Å². The Morgan fingerprint density at radius 1 is 0.282 bits per heavy atom. The summed E-state index contributed by atoms with van der Waals surface area (Å²) in [5.41, 5.74) is 21.9. The summed E-state index contributed by atoms with van der Waals surface area (Å²) >= 11 is 0. The third kappa shape index (κ3) is 5.96. The van der Waals surface area contributed by atoms with Gasteiger partial charge in [-0.3, -0.25) is 0 Å². The normalized spacial score (nSPS) is 11.9. The van der Waals surface area contributed by atoms with Gasteiger partial charge in [-0.25, -0.2) is 0 Å². The van der Waals surface area contributed by atoms with Crippen molar-refractivity contribution in [2.75, 3.05) is 0 Å². The summed E-state index contributed by atoms with van der Waals surface area (Å²) in [6.45, 7) is 0. The largest absolute Gasteiger partial charge is 0.455 e. The lowest BCUT2D eigenvalue weighted by Crippen LogP contribution is -2.55. The van der Waals surface area contributed by atoms with Gasteiger partial charge in [0, 0.05) is 38.4 Å². The first-order chi connectivity index (χ1) is 34.9. The average molecular weight is 897 g/mol. The van der Waals surface area contributed by atoms with Crippen molar-refractivity contribution in [2.45, 2.75) is 0 Å². The van der Waals surface area contributed by atoms with Crippen LogP contribution in [0.5, 0.6) is 0 Å². The Hall–Kier alpha value is -8.40. The molecular formula is C64H44B5NO. The number of hydrogen-bond acceptors (Lipinski definition) is 1. The molecule has 0 spiro atoms. The summed E-state index contributed by atoms with van der Waals surface area (Å²) in [4.78, 5) is 0. The Kier molecular flexibility index (Phi) is 9.26. The van der Waals surface area contributed by atoms with E-state index in [1.54, 1.807) is 0 Å². The fourth-order valence-corrected chi connectivity index (χ4v) is 12.5. The summed E-state index contributed by atoms with van der Waals surface area (Å²) in [5.74, 6) is 0. The number of hydrogen-bond donors (Lipinski definition) is 0. The first-order valence-corrected chi connectivity index (χ1v) is 24.9. The van der Waals surface area contributed by atoms with Crippen LogP contribution in [0.4, 0.5) is 0 Å². The summed E-state index contributed by atoms with van der Waals surface area (Å²) in [7, 11) is 11.4. The van der Waals surface area contributed by atoms with Crippen LogP contribution in [0.1, 0.15) is 0 Å². The van der Waals surface area contributed by atoms with Crippen LogP contribution in [0.25, 0.3) is 137 Å². The summed E-state index contributed by atoms with van der Waals surface area (Å²) in [5, 5.41) is 14.6. The van der Waals surface area contributed by atoms with Crippen LogP contribution in [0.2, 0.25) is 0 Å². The molecule has 326 valence electrons. The van der Waals surface area contributed by atoms with Crippen molar-refractivity contribution in [1.29, 1.82) is 0 Å². The van der Waals surface area contributed by atoms with Crippen molar-refractivity contribution in [2.24, 2.45) is 0 Å². The second-order valence-corrected chi connectivity index (χ2v) is 19.6. The molecule has 12 aromatic carbocycles. The van der Waals surface area contributed by atoms with E-state index < -0.39 is 0 Å². The SMILES string of the molecule is Bc1c(B)c(B)c(-c2c3ccccc3c(-c3cccc4c3oc3cccc(-c5c6ccccc6c(-c6ccc(-n7c8ccccc8c8ccccc87)cc6)c6ccccc56)c34)c3ccccc23)c(B)c1B. The van der Waals surface area contributed by atoms with Crippen molar-refractivity contribution in [3.05, 3.63) is 206 Å². The number of fused-ring (bicyclic) bond motifs is 10. The van der Waals surface area contributed by atoms with Crippen LogP contribution < -0.4 is 27.3 Å². The van der Waals surface area contributed by atoms with Gasteiger partial charge in [-0.15, -0.1) is 16.4 Å². The number of furan rings is 1. The van der Waals surface area contributed by atoms with Crippen LogP contribution in [-0.2, 0) is 0 Å². The zero-order chi connectivity index (χ0) is 47.6. The fraction of sp³-hybridized carbons (Fsp3) is 0. The highest BCUT2D eigenvalue weighted by atomic mass is 16.3. The summed E-state index contributed by atoms with van der Waals surface area (Å²) < 4.78 is 9.60. The monoisotopic (exact) mass is 897 g/mol. The molecule has 0 saturated heterocycles. The Labute approximate surface area is 416 Å². The second kappa shape index (κ2) is 15.8. The van der Waals surface area contributed by atoms with E-state index in [4.69, 9.17) is 4.42 Å². The highest BCUT2D eigenvalue weighted by molar-refractivity contribution is 6.69. The lowest BCUT2D eigenvalue weighted by Gasteiger charge is -2.24. The molecule has 14 aromatic rings. The van der Waals surface area contributed by atoms with Gasteiger partial charge in [0.2, 0.25) is 0 Å². The molecule has 14 rings (SSSR count). The average Bonchev–Trinajstić information content (AvgIpc) is 3.98. The fourth-order valence-electron chi connectivity index (χ4n) is 12.5. The molecule has 71 heavy (non-hydrogen) atoms. The van der Waals surface area contributed by atoms with E-state index in [1.165, 1.54) is 131 Å². The number of aromatic nitrogens is 1. The lowest BCUT2D eigenvalue weighted by atomic mass is 9.59. The van der Waals surface area contributed by atoms with Crippen LogP contribution >= 0.6 is 0 Å². The first-order valence-electron chi connectivity index (χ1n) is 24.9. The van der Waals surface area contributed by atoms with Gasteiger partial charge in [-0.1, -0.05) is 187 Å². The van der Waals surface area contributed by atoms with E-state index >= 15 is 0 Å². The standard InChI is InChI=1S/C64H44B5NO/c65-59-58(60(66)62(68)63(69)61(59)67)57-45-23-7-5-21-43(45)55(44-22-6-8-24-46(44)57)48-26-13-27-49-56-47(25-14-30-52(56)71-64(48)49)54-41-19-3-1-17-39(41)53(40-18-2-4-20-42(40)54)35-31-33-36(34-32-35)70-50-28-11-9-15-37(50)38-16-10-12-29-51(38)70/h1-34H,65-69H2. The zero-order valence-electron chi connectivity index (χ0n) is 40.5. The Morgan fingerprint density at radius 3 is 1.17 bits per heavy atom. The smallest absolute Gasteiger partial charge is 0.143 e. The van der Waals surface area contributed by atoms with Gasteiger partial charge in [-0.2, -0.15) is 0 Å². The van der Waals surface area contributed by atoms with Gasteiger partial charge < -0.3 is 8.98 Å². The number of para-hydroxylation sites is 3. The predicted octanol–water partition coefficient (Wildman–Crippen LogP) is 9.26. The van der Waals surface area contributed by atoms with Crippen LogP contribution in [0.3, 0.4) is 0 Å². The van der Waals surface area contributed by atoms with Crippen LogP contribution in [-0.4, -0.2) is 43.8 Å². The van der Waals surface area contributed by atoms with Gasteiger partial charge in [0.25, 0.3) is 0 Å². The minimum absolute atomic E-state index is 0.880. The Morgan fingerprint density at radius 2 is 0.662 bits per heavy atom. The van der Waals surface area contributed by atoms with E-state index in [0.717, 1.165) is 33.2 Å². The summed E-state index contributed by atoms with van der Waals surface area (Å²) in [6.07, 6.45) is 0. The first kappa shape index (κ1) is 41.6. The quantitative estimate of drug-likeness (QED) is 0.125. The second-order valence-electron chi connectivity index (χ2n) is 19.6. The van der Waals surface area contributed by atoms with Gasteiger partial charge in [-0.05, 0) is 107 Å². The minimum Gasteiger partial charge on any atom is -0.455 e. The van der Waals surface area contributed by atoms with Crippen molar-refractivity contribution < 1.29 is 4.42 Å². The van der Waals surface area contributed by atoms with E-state index in [9.17, 15) is 0 Å². The van der Waals surface area contributed by atoms with Crippen molar-refractivity contribution >= 4 is 153 Å². The van der Waals surface area contributed by atoms with Gasteiger partial charge in [0.1, 0.15) is 50.4 Å². The molecule has 0 aliphatic rings. The highest BCUT2D eigenvalue weighted by Gasteiger charge is 2.25. The highest BCUT2D eigenvalue weighted by Crippen LogP contribution is 2.50. The predicted molar refractivity (Wildman–Crippen MR) is 321 cm³/mol. The van der Waals surface area contributed by atoms with E-state index in [-0.39, 0.29) is 0 Å². The maximum atomic E-state index is 7.21. The maximum Gasteiger partial charge on any atom is 0.143 e. The molecule has 2 nitrogen and oxygen atoms in total. The number of nitrogens with zero attached hydrogens (tertiary/aromatic N) is 1. The molecule has 2 heterocycles. The molecule has 0 atom stereocenters. The molecule has 0 amide bonds. The Balaban J connectivity index is 0.987. The number of benzene rings is 12. The topological polar surface area (TPSA) is 18.1 Å². The van der Waals surface area contributed by atoms with Crippen molar-refractivity contribution in [1.82, 2.24) is 4.57 Å². The summed E-state index contributed by atoms with van der Waals surface area (Å²) in [6, 6.07) is 76.0. The van der Waals surface area contributed by atoms with Crippen molar-refractivity contribution in [3.63, 3.8) is 0 Å². The van der Waals surface area contributed by atoms with Crippen LogP contribution in [0, 0.1) is 0 Å². The molecular weight excluding hydrogens is 853 g/mol. The molecule has 0 unspecified atom stereocenters. The zero-order valence-corrected chi connectivity index (χ0v) is 40.5. The molecule has 0 aliphatic carbocycles. The molecule has 0 N–H and O–H groups in total. The molecule has 0 bridgehead atoms. The lowest BCUT2D eigenvalue weighted by molar-refractivity contribution is 0.670. The third-order valence-electron chi connectivity index (χ3n) is 16.2. The maximum absolute atomic E-state index is 7.21. The molecule has 0 fully saturated rings. The van der Waals surface area contributed by atoms with Gasteiger partial charge >= 0.3 is 0 Å².